The molecule has 1 aromatic rings. The first-order valence-corrected chi connectivity index (χ1v) is 7.22. The van der Waals surface area contributed by atoms with E-state index in [0.29, 0.717) is 6.04 Å². The predicted molar refractivity (Wildman–Crippen MR) is 73.7 cm³/mol. The van der Waals surface area contributed by atoms with Crippen LogP contribution in [0.3, 0.4) is 0 Å². The molecule has 1 aromatic carbocycles. The first-order valence-electron chi connectivity index (χ1n) is 5.27. The van der Waals surface area contributed by atoms with Gasteiger partial charge in [-0.05, 0) is 30.4 Å². The molecule has 0 bridgehead atoms. The summed E-state index contributed by atoms with van der Waals surface area (Å²) < 4.78 is 1.02. The molecule has 16 heavy (non-hydrogen) atoms. The summed E-state index contributed by atoms with van der Waals surface area (Å²) in [5.41, 5.74) is 1.79. The highest BCUT2D eigenvalue weighted by Crippen LogP contribution is 2.29. The Balaban J connectivity index is 2.29. The van der Waals surface area contributed by atoms with E-state index in [1.807, 2.05) is 30.0 Å². The van der Waals surface area contributed by atoms with Crippen molar-refractivity contribution in [1.29, 1.82) is 0 Å². The van der Waals surface area contributed by atoms with Gasteiger partial charge in [-0.25, -0.2) is 0 Å². The molecule has 1 aliphatic rings. The number of hydrogen-bond acceptors (Lipinski definition) is 3. The van der Waals surface area contributed by atoms with Crippen molar-refractivity contribution in [3.8, 4) is 0 Å². The molecule has 1 saturated heterocycles. The quantitative estimate of drug-likeness (QED) is 0.800. The number of rotatable bonds is 3. The van der Waals surface area contributed by atoms with Gasteiger partial charge in [-0.3, -0.25) is 4.79 Å². The average molecular weight is 300 g/mol. The Morgan fingerprint density at radius 1 is 1.56 bits per heavy atom. The van der Waals surface area contributed by atoms with Gasteiger partial charge in [0.2, 0.25) is 0 Å². The van der Waals surface area contributed by atoms with E-state index in [1.54, 1.807) is 0 Å². The Morgan fingerprint density at radius 3 is 3.00 bits per heavy atom. The third-order valence-corrected chi connectivity index (χ3v) is 4.59. The fourth-order valence-corrected chi connectivity index (χ4v) is 3.56. The van der Waals surface area contributed by atoms with Gasteiger partial charge in [-0.2, -0.15) is 11.8 Å². The van der Waals surface area contributed by atoms with Gasteiger partial charge < -0.3 is 4.90 Å². The minimum atomic E-state index is 0.554. The topological polar surface area (TPSA) is 20.3 Å². The first-order chi connectivity index (χ1) is 7.72. The third-order valence-electron chi connectivity index (χ3n) is 2.95. The molecular weight excluding hydrogens is 286 g/mol. The first kappa shape index (κ1) is 12.0. The number of aldehydes is 1. The van der Waals surface area contributed by atoms with E-state index in [4.69, 9.17) is 0 Å². The minimum absolute atomic E-state index is 0.554. The average Bonchev–Trinajstić information content (AvgIpc) is 2.81. The Labute approximate surface area is 109 Å². The maximum absolute atomic E-state index is 11.0. The lowest BCUT2D eigenvalue weighted by Gasteiger charge is -2.27. The number of thioether (sulfide) groups is 1. The number of nitrogens with zero attached hydrogens (tertiary/aromatic N) is 1. The van der Waals surface area contributed by atoms with Gasteiger partial charge in [0.1, 0.15) is 0 Å². The number of hydrogen-bond donors (Lipinski definition) is 0. The zero-order chi connectivity index (χ0) is 11.5. The predicted octanol–water partition coefficient (Wildman–Crippen LogP) is 3.20. The van der Waals surface area contributed by atoms with Crippen molar-refractivity contribution in [3.05, 3.63) is 28.2 Å². The van der Waals surface area contributed by atoms with Gasteiger partial charge in [-0.15, -0.1) is 0 Å². The van der Waals surface area contributed by atoms with Crippen LogP contribution >= 0.6 is 27.7 Å². The Bertz CT molecular complexity index is 391. The highest BCUT2D eigenvalue weighted by molar-refractivity contribution is 9.10. The summed E-state index contributed by atoms with van der Waals surface area (Å²) >= 11 is 5.44. The normalized spacial score (nSPS) is 19.8. The SMILES string of the molecule is CN(c1cc(Br)ccc1C=O)C1CCSC1. The van der Waals surface area contributed by atoms with Crippen molar-refractivity contribution >= 4 is 39.7 Å². The molecule has 1 fully saturated rings. The largest absolute Gasteiger partial charge is 0.370 e. The van der Waals surface area contributed by atoms with Crippen LogP contribution < -0.4 is 4.90 Å². The summed E-state index contributed by atoms with van der Waals surface area (Å²) in [7, 11) is 2.07. The van der Waals surface area contributed by atoms with Gasteiger partial charge in [0.05, 0.1) is 0 Å². The van der Waals surface area contributed by atoms with Gasteiger partial charge in [0.25, 0.3) is 0 Å². The standard InChI is InChI=1S/C12H14BrNOS/c1-14(11-4-5-16-8-11)12-6-10(13)3-2-9(12)7-15/h2-3,6-7,11H,4-5,8H2,1H3. The zero-order valence-electron chi connectivity index (χ0n) is 9.15. The van der Waals surface area contributed by atoms with Crippen molar-refractivity contribution < 1.29 is 4.79 Å². The molecule has 0 amide bonds. The molecule has 2 nitrogen and oxygen atoms in total. The van der Waals surface area contributed by atoms with Crippen molar-refractivity contribution in [2.24, 2.45) is 0 Å². The molecule has 0 N–H and O–H groups in total. The van der Waals surface area contributed by atoms with Crippen LogP contribution in [0.5, 0.6) is 0 Å². The highest BCUT2D eigenvalue weighted by atomic mass is 79.9. The molecule has 4 heteroatoms. The maximum atomic E-state index is 11.0. The molecule has 1 heterocycles. The molecule has 1 aliphatic heterocycles. The highest BCUT2D eigenvalue weighted by Gasteiger charge is 2.21. The van der Waals surface area contributed by atoms with Crippen LogP contribution in [-0.2, 0) is 0 Å². The fraction of sp³-hybridized carbons (Fsp3) is 0.417. The molecule has 1 unspecified atom stereocenters. The summed E-state index contributed by atoms with van der Waals surface area (Å²) in [6.45, 7) is 0. The van der Waals surface area contributed by atoms with Crippen LogP contribution in [-0.4, -0.2) is 30.9 Å². The van der Waals surface area contributed by atoms with E-state index in [9.17, 15) is 4.79 Å². The van der Waals surface area contributed by atoms with Crippen LogP contribution in [0, 0.1) is 0 Å². The number of halogens is 1. The summed E-state index contributed by atoms with van der Waals surface area (Å²) in [5.74, 6) is 2.38. The minimum Gasteiger partial charge on any atom is -0.370 e. The van der Waals surface area contributed by atoms with E-state index >= 15 is 0 Å². The molecule has 0 aliphatic carbocycles. The van der Waals surface area contributed by atoms with Gasteiger partial charge in [0, 0.05) is 34.6 Å². The molecule has 0 spiro atoms. The molecule has 0 radical (unpaired) electrons. The Kier molecular flexibility index (Phi) is 3.92. The number of anilines is 1. The fourth-order valence-electron chi connectivity index (χ4n) is 1.95. The van der Waals surface area contributed by atoms with Crippen LogP contribution in [0.2, 0.25) is 0 Å². The molecule has 1 atom stereocenters. The van der Waals surface area contributed by atoms with Crippen molar-refractivity contribution in [1.82, 2.24) is 0 Å². The number of carbonyl (C=O) groups excluding carboxylic acids is 1. The van der Waals surface area contributed by atoms with E-state index in [0.717, 1.165) is 27.8 Å². The lowest BCUT2D eigenvalue weighted by Crippen LogP contribution is -2.32. The Morgan fingerprint density at radius 2 is 2.38 bits per heavy atom. The number of carbonyl (C=O) groups is 1. The van der Waals surface area contributed by atoms with Gasteiger partial charge in [0.15, 0.2) is 6.29 Å². The summed E-state index contributed by atoms with van der Waals surface area (Å²) in [6.07, 6.45) is 2.13. The second-order valence-corrected chi connectivity index (χ2v) is 6.01. The smallest absolute Gasteiger partial charge is 0.152 e. The van der Waals surface area contributed by atoms with Crippen molar-refractivity contribution in [3.63, 3.8) is 0 Å². The molecule has 86 valence electrons. The van der Waals surface area contributed by atoms with Crippen molar-refractivity contribution in [2.45, 2.75) is 12.5 Å². The van der Waals surface area contributed by atoms with E-state index < -0.39 is 0 Å². The molecule has 0 saturated carbocycles. The summed E-state index contributed by atoms with van der Waals surface area (Å²) in [4.78, 5) is 13.2. The van der Waals surface area contributed by atoms with Crippen molar-refractivity contribution in [2.75, 3.05) is 23.5 Å². The monoisotopic (exact) mass is 299 g/mol. The molecule has 2 rings (SSSR count). The zero-order valence-corrected chi connectivity index (χ0v) is 11.6. The second-order valence-electron chi connectivity index (χ2n) is 3.95. The third kappa shape index (κ3) is 2.43. The lowest BCUT2D eigenvalue weighted by atomic mass is 10.1. The van der Waals surface area contributed by atoms with Gasteiger partial charge >= 0.3 is 0 Å². The van der Waals surface area contributed by atoms with E-state index in [1.165, 1.54) is 12.2 Å². The van der Waals surface area contributed by atoms with Crippen LogP contribution in [0.25, 0.3) is 0 Å². The second kappa shape index (κ2) is 5.23. The Hall–Kier alpha value is -0.480. The summed E-state index contributed by atoms with van der Waals surface area (Å²) in [6, 6.07) is 6.35. The van der Waals surface area contributed by atoms with Crippen LogP contribution in [0.4, 0.5) is 5.69 Å². The van der Waals surface area contributed by atoms with Crippen LogP contribution in [0.1, 0.15) is 16.8 Å². The maximum Gasteiger partial charge on any atom is 0.152 e. The summed E-state index contributed by atoms with van der Waals surface area (Å²) in [5, 5.41) is 0. The van der Waals surface area contributed by atoms with Crippen LogP contribution in [0.15, 0.2) is 22.7 Å². The molecule has 0 aromatic heterocycles. The number of benzene rings is 1. The molecular formula is C12H14BrNOS. The van der Waals surface area contributed by atoms with E-state index in [2.05, 4.69) is 27.9 Å². The van der Waals surface area contributed by atoms with Gasteiger partial charge in [-0.1, -0.05) is 15.9 Å². The van der Waals surface area contributed by atoms with E-state index in [-0.39, 0.29) is 0 Å². The lowest BCUT2D eigenvalue weighted by molar-refractivity contribution is 0.112.